The number of aromatic nitrogens is 2. The number of piperazine rings is 1. The fourth-order valence-electron chi connectivity index (χ4n) is 7.38. The molecule has 16 heteroatoms. The van der Waals surface area contributed by atoms with E-state index in [-0.39, 0.29) is 41.6 Å². The van der Waals surface area contributed by atoms with Crippen molar-refractivity contribution in [2.24, 2.45) is 5.92 Å². The van der Waals surface area contributed by atoms with Crippen LogP contribution in [-0.2, 0) is 30.5 Å². The number of hydrogen-bond acceptors (Lipinski definition) is 12. The zero-order chi connectivity index (χ0) is 38.0. The van der Waals surface area contributed by atoms with Crippen molar-refractivity contribution in [3.8, 4) is 5.75 Å². The number of aromatic amines is 1. The van der Waals surface area contributed by atoms with Gasteiger partial charge in [-0.25, -0.2) is 13.8 Å². The Bertz CT molecular complexity index is 1810. The minimum absolute atomic E-state index is 0.0485. The Balaban J connectivity index is 0.00000245. The molecule has 0 bridgehead atoms. The summed E-state index contributed by atoms with van der Waals surface area (Å²) in [7, 11) is 0. The maximum atomic E-state index is 15.0. The van der Waals surface area contributed by atoms with E-state index in [4.69, 9.17) is 19.0 Å². The molecule has 4 fully saturated rings. The van der Waals surface area contributed by atoms with E-state index in [1.165, 1.54) is 12.1 Å². The molecular weight excluding hydrogens is 704 g/mol. The maximum absolute atomic E-state index is 15.0. The van der Waals surface area contributed by atoms with Gasteiger partial charge >= 0.3 is 0 Å². The van der Waals surface area contributed by atoms with Gasteiger partial charge in [0.15, 0.2) is 0 Å². The lowest BCUT2D eigenvalue weighted by Gasteiger charge is -2.38. The first-order valence-electron chi connectivity index (χ1n) is 18.7. The first kappa shape index (κ1) is 39.2. The van der Waals surface area contributed by atoms with E-state index in [1.54, 1.807) is 12.1 Å². The van der Waals surface area contributed by atoms with Crippen molar-refractivity contribution < 1.29 is 37.4 Å². The van der Waals surface area contributed by atoms with E-state index in [1.807, 2.05) is 12.9 Å². The second-order valence-electron chi connectivity index (χ2n) is 14.2. The average molecular weight is 754 g/mol. The molecule has 4 saturated heterocycles. The maximum Gasteiger partial charge on any atom is 0.261 e. The summed E-state index contributed by atoms with van der Waals surface area (Å²) in [4.78, 5) is 58.3. The lowest BCUT2D eigenvalue weighted by Crippen LogP contribution is -2.49. The van der Waals surface area contributed by atoms with Crippen LogP contribution in [0.3, 0.4) is 0 Å². The van der Waals surface area contributed by atoms with Gasteiger partial charge in [0.25, 0.3) is 5.56 Å². The number of likely N-dealkylation sites (tertiary alicyclic amines) is 1. The SMILES string of the molecule is C=O.O=C1CCC(Nc2ccc(N3CCN(CCN4CCC(COc5cc(F)c6c(=O)[nH]c(COC7CCOCC7)nc6c5)CC4)CC3)cc2F)C(=O)N1. The number of piperidine rings is 2. The molecule has 4 aliphatic heterocycles. The number of benzene rings is 2. The van der Waals surface area contributed by atoms with Crippen molar-refractivity contribution in [2.75, 3.05) is 82.4 Å². The van der Waals surface area contributed by atoms with Crippen LogP contribution in [0.1, 0.15) is 44.3 Å². The van der Waals surface area contributed by atoms with Crippen molar-refractivity contribution in [3.63, 3.8) is 0 Å². The normalized spacial score (nSPS) is 20.7. The van der Waals surface area contributed by atoms with Crippen LogP contribution < -0.4 is 25.8 Å². The molecule has 2 aromatic carbocycles. The Kier molecular flexibility index (Phi) is 13.6. The Morgan fingerprint density at radius 2 is 1.61 bits per heavy atom. The monoisotopic (exact) mass is 753 g/mol. The number of anilines is 2. The molecule has 0 saturated carbocycles. The van der Waals surface area contributed by atoms with Crippen LogP contribution in [0, 0.1) is 17.6 Å². The summed E-state index contributed by atoms with van der Waals surface area (Å²) in [6.45, 7) is 11.1. The number of ether oxygens (including phenoxy) is 3. The summed E-state index contributed by atoms with van der Waals surface area (Å²) >= 11 is 0. The molecular formula is C38H49F2N7O7. The Hall–Kier alpha value is -4.51. The van der Waals surface area contributed by atoms with Gasteiger partial charge in [-0.05, 0) is 69.3 Å². The first-order chi connectivity index (χ1) is 26.3. The van der Waals surface area contributed by atoms with Crippen molar-refractivity contribution >= 4 is 40.9 Å². The zero-order valence-corrected chi connectivity index (χ0v) is 30.5. The molecule has 3 aromatic rings. The van der Waals surface area contributed by atoms with Crippen LogP contribution in [0.15, 0.2) is 35.1 Å². The van der Waals surface area contributed by atoms with Gasteiger partial charge in [0.05, 0.1) is 23.9 Å². The third-order valence-electron chi connectivity index (χ3n) is 10.6. The van der Waals surface area contributed by atoms with E-state index < -0.39 is 29.1 Å². The Morgan fingerprint density at radius 3 is 2.31 bits per heavy atom. The number of rotatable bonds is 12. The number of fused-ring (bicyclic) bond motifs is 1. The highest BCUT2D eigenvalue weighted by atomic mass is 19.1. The molecule has 4 aliphatic rings. The number of carbonyl (C=O) groups excluding carboxylic acids is 3. The molecule has 2 amide bonds. The Morgan fingerprint density at radius 1 is 0.889 bits per heavy atom. The number of halogens is 2. The number of nitrogens with zero attached hydrogens (tertiary/aromatic N) is 4. The second-order valence-corrected chi connectivity index (χ2v) is 14.2. The fraction of sp³-hybridized carbons (Fsp3) is 0.553. The smallest absolute Gasteiger partial charge is 0.261 e. The van der Waals surface area contributed by atoms with Crippen LogP contribution in [0.25, 0.3) is 10.9 Å². The predicted octanol–water partition coefficient (Wildman–Crippen LogP) is 2.84. The van der Waals surface area contributed by atoms with Crippen LogP contribution >= 0.6 is 0 Å². The predicted molar refractivity (Wildman–Crippen MR) is 198 cm³/mol. The molecule has 3 N–H and O–H groups in total. The van der Waals surface area contributed by atoms with Crippen molar-refractivity contribution in [3.05, 3.63) is 58.1 Å². The molecule has 0 spiro atoms. The van der Waals surface area contributed by atoms with Gasteiger partial charge in [-0.3, -0.25) is 24.6 Å². The standard InChI is InChI=1S/C37H47F2N7O6.CH2O/c38-28-19-25(1-2-30(28)40-31-3-4-34(47)43-36(31)48)46-15-13-45(14-16-46)12-11-44-9-5-24(6-10-44)22-51-27-20-29(39)35-32(21-27)41-33(42-37(35)49)23-52-26-7-17-50-18-8-26;1-2/h1-2,19-21,24,26,31,40H,3-18,22-23H2,(H,41,42,49)(H,43,47,48);1H2. The summed E-state index contributed by atoms with van der Waals surface area (Å²) in [5, 5.41) is 5.14. The highest BCUT2D eigenvalue weighted by Gasteiger charge is 2.28. The third kappa shape index (κ3) is 10.2. The van der Waals surface area contributed by atoms with Crippen LogP contribution in [0.2, 0.25) is 0 Å². The molecule has 292 valence electrons. The van der Waals surface area contributed by atoms with Gasteiger partial charge in [0.1, 0.15) is 48.0 Å². The second kappa shape index (κ2) is 18.7. The van der Waals surface area contributed by atoms with Crippen LogP contribution in [0.4, 0.5) is 20.2 Å². The number of hydrogen-bond donors (Lipinski definition) is 3. The minimum Gasteiger partial charge on any atom is -0.493 e. The van der Waals surface area contributed by atoms with Crippen molar-refractivity contribution in [1.82, 2.24) is 25.1 Å². The number of carbonyl (C=O) groups is 3. The zero-order valence-electron chi connectivity index (χ0n) is 30.5. The minimum atomic E-state index is -0.654. The highest BCUT2D eigenvalue weighted by molar-refractivity contribution is 6.01. The van der Waals surface area contributed by atoms with E-state index in [9.17, 15) is 23.2 Å². The Labute approximate surface area is 312 Å². The summed E-state index contributed by atoms with van der Waals surface area (Å²) in [5.41, 5.74) is 0.792. The van der Waals surface area contributed by atoms with Gasteiger partial charge in [-0.1, -0.05) is 0 Å². The molecule has 54 heavy (non-hydrogen) atoms. The molecule has 1 unspecified atom stereocenters. The molecule has 7 rings (SSSR count). The summed E-state index contributed by atoms with van der Waals surface area (Å²) in [6.07, 6.45) is 4.17. The van der Waals surface area contributed by atoms with Gasteiger partial charge < -0.3 is 39.1 Å². The average Bonchev–Trinajstić information content (AvgIpc) is 3.18. The summed E-state index contributed by atoms with van der Waals surface area (Å²) in [6, 6.07) is 7.31. The van der Waals surface area contributed by atoms with Crippen molar-refractivity contribution in [2.45, 2.75) is 57.3 Å². The highest BCUT2D eigenvalue weighted by Crippen LogP contribution is 2.26. The van der Waals surface area contributed by atoms with E-state index in [0.29, 0.717) is 43.7 Å². The fourth-order valence-corrected chi connectivity index (χ4v) is 7.38. The largest absolute Gasteiger partial charge is 0.493 e. The summed E-state index contributed by atoms with van der Waals surface area (Å²) in [5.74, 6) is -0.731. The van der Waals surface area contributed by atoms with Gasteiger partial charge in [0.2, 0.25) is 11.8 Å². The quantitative estimate of drug-likeness (QED) is 0.233. The molecule has 0 aliphatic carbocycles. The number of amides is 2. The lowest BCUT2D eigenvalue weighted by molar-refractivity contribution is -0.133. The van der Waals surface area contributed by atoms with E-state index in [0.717, 1.165) is 83.7 Å². The third-order valence-corrected chi connectivity index (χ3v) is 10.6. The molecule has 1 aromatic heterocycles. The molecule has 5 heterocycles. The van der Waals surface area contributed by atoms with E-state index >= 15 is 0 Å². The lowest BCUT2D eigenvalue weighted by atomic mass is 9.98. The van der Waals surface area contributed by atoms with Crippen LogP contribution in [0.5, 0.6) is 5.75 Å². The van der Waals surface area contributed by atoms with Gasteiger partial charge in [-0.2, -0.15) is 0 Å². The topological polar surface area (TPSA) is 158 Å². The van der Waals surface area contributed by atoms with Gasteiger partial charge in [-0.15, -0.1) is 0 Å². The molecule has 0 radical (unpaired) electrons. The first-order valence-corrected chi connectivity index (χ1v) is 18.7. The number of H-pyrrole nitrogens is 1. The van der Waals surface area contributed by atoms with Crippen LogP contribution in [-0.4, -0.2) is 123 Å². The number of nitrogens with one attached hydrogen (secondary N) is 3. The van der Waals surface area contributed by atoms with E-state index in [2.05, 4.69) is 35.3 Å². The van der Waals surface area contributed by atoms with Gasteiger partial charge in [0, 0.05) is 76.7 Å². The molecule has 1 atom stereocenters. The molecule has 14 nitrogen and oxygen atoms in total. The summed E-state index contributed by atoms with van der Waals surface area (Å²) < 4.78 is 47.2. The number of imide groups is 1. The van der Waals surface area contributed by atoms with Crippen molar-refractivity contribution in [1.29, 1.82) is 0 Å².